The fraction of sp³-hybridized carbons (Fsp3) is 0.200. The monoisotopic (exact) mass is 352 g/mol. The van der Waals surface area contributed by atoms with Gasteiger partial charge in [0.05, 0.1) is 0 Å². The van der Waals surface area contributed by atoms with Gasteiger partial charge in [-0.25, -0.2) is 0 Å². The second-order valence-electron chi connectivity index (χ2n) is 6.11. The first-order valence-corrected chi connectivity index (χ1v) is 10.0. The molecule has 3 aromatic rings. The highest BCUT2D eigenvalue weighted by Gasteiger charge is 2.29. The molecule has 3 aromatic carbocycles. The molecule has 0 radical (unpaired) electrons. The summed E-state index contributed by atoms with van der Waals surface area (Å²) in [5.41, 5.74) is 2.39. The van der Waals surface area contributed by atoms with Crippen molar-refractivity contribution in [2.45, 2.75) is 23.6 Å². The van der Waals surface area contributed by atoms with E-state index in [9.17, 15) is 0 Å². The fourth-order valence-electron chi connectivity index (χ4n) is 3.35. The average molecular weight is 352 g/mol. The fourth-order valence-corrected chi connectivity index (χ4v) is 5.96. The zero-order valence-corrected chi connectivity index (χ0v) is 15.1. The summed E-state index contributed by atoms with van der Waals surface area (Å²) < 4.78 is 12.6. The minimum absolute atomic E-state index is 0.803. The van der Waals surface area contributed by atoms with Crippen molar-refractivity contribution in [1.82, 2.24) is 0 Å². The Bertz CT molecular complexity index is 915. The first kappa shape index (κ1) is 14.6. The van der Waals surface area contributed by atoms with Gasteiger partial charge in [0, 0.05) is 32.4 Å². The van der Waals surface area contributed by atoms with Crippen molar-refractivity contribution in [1.29, 1.82) is 0 Å². The summed E-state index contributed by atoms with van der Waals surface area (Å²) in [6.07, 6.45) is 0. The molecule has 0 saturated carbocycles. The highest BCUT2D eigenvalue weighted by Crippen LogP contribution is 2.55. The van der Waals surface area contributed by atoms with Crippen molar-refractivity contribution in [3.63, 3.8) is 0 Å². The summed E-state index contributed by atoms with van der Waals surface area (Å²) in [5.74, 6) is 5.67. The van der Waals surface area contributed by atoms with E-state index in [0.717, 1.165) is 34.5 Å². The largest absolute Gasteiger partial charge is 0.449 e. The lowest BCUT2D eigenvalue weighted by molar-refractivity contribution is 0.353. The van der Waals surface area contributed by atoms with Crippen molar-refractivity contribution in [3.8, 4) is 23.0 Å². The Morgan fingerprint density at radius 1 is 0.750 bits per heavy atom. The Morgan fingerprint density at radius 3 is 1.67 bits per heavy atom. The Labute approximate surface area is 149 Å². The molecule has 0 N–H and O–H groups in total. The van der Waals surface area contributed by atoms with Gasteiger partial charge in [0.15, 0.2) is 23.0 Å². The zero-order chi connectivity index (χ0) is 16.3. The Hall–Kier alpha value is -1.78. The third-order valence-corrected chi connectivity index (χ3v) is 7.39. The quantitative estimate of drug-likeness (QED) is 0.357. The summed E-state index contributed by atoms with van der Waals surface area (Å²) in [7, 11) is 0. The zero-order valence-electron chi connectivity index (χ0n) is 13.5. The molecular formula is C20H16O2S2. The highest BCUT2D eigenvalue weighted by atomic mass is 32.2. The summed E-state index contributed by atoms with van der Waals surface area (Å²) in [6, 6.07) is 12.4. The van der Waals surface area contributed by atoms with Gasteiger partial charge in [-0.3, -0.25) is 0 Å². The molecule has 0 spiro atoms. The van der Waals surface area contributed by atoms with E-state index in [0.29, 0.717) is 0 Å². The van der Waals surface area contributed by atoms with E-state index in [2.05, 4.69) is 38.1 Å². The normalized spacial score (nSPS) is 15.1. The maximum atomic E-state index is 6.32. The molecule has 0 bridgehead atoms. The Balaban J connectivity index is 1.72. The lowest BCUT2D eigenvalue weighted by Crippen LogP contribution is -2.07. The van der Waals surface area contributed by atoms with Crippen LogP contribution in [0.2, 0.25) is 0 Å². The van der Waals surface area contributed by atoms with Gasteiger partial charge in [-0.15, -0.1) is 23.5 Å². The molecule has 0 aromatic heterocycles. The number of fused-ring (bicyclic) bond motifs is 4. The van der Waals surface area contributed by atoms with Crippen LogP contribution in [0.15, 0.2) is 46.2 Å². The molecule has 0 unspecified atom stereocenters. The number of rotatable bonds is 0. The van der Waals surface area contributed by atoms with Gasteiger partial charge >= 0.3 is 0 Å². The van der Waals surface area contributed by atoms with Gasteiger partial charge in [-0.2, -0.15) is 0 Å². The van der Waals surface area contributed by atoms with Gasteiger partial charge in [-0.1, -0.05) is 24.3 Å². The van der Waals surface area contributed by atoms with Crippen LogP contribution in [0.5, 0.6) is 23.0 Å². The van der Waals surface area contributed by atoms with E-state index in [-0.39, 0.29) is 0 Å². The van der Waals surface area contributed by atoms with Crippen molar-refractivity contribution in [2.24, 2.45) is 0 Å². The summed E-state index contributed by atoms with van der Waals surface area (Å²) in [6.45, 7) is 4.29. The van der Waals surface area contributed by atoms with E-state index in [1.807, 2.05) is 35.7 Å². The lowest BCUT2D eigenvalue weighted by Gasteiger charge is -2.28. The van der Waals surface area contributed by atoms with E-state index < -0.39 is 0 Å². The first-order valence-electron chi connectivity index (χ1n) is 8.03. The third kappa shape index (κ3) is 2.06. The Kier molecular flexibility index (Phi) is 3.25. The second-order valence-corrected chi connectivity index (χ2v) is 8.32. The summed E-state index contributed by atoms with van der Waals surface area (Å²) >= 11 is 3.86. The van der Waals surface area contributed by atoms with E-state index >= 15 is 0 Å². The van der Waals surface area contributed by atoms with Crippen LogP contribution in [-0.4, -0.2) is 11.5 Å². The maximum Gasteiger partial charge on any atom is 0.174 e. The molecule has 0 aliphatic carbocycles. The molecular weight excluding hydrogens is 336 g/mol. The van der Waals surface area contributed by atoms with Crippen LogP contribution in [0.25, 0.3) is 10.8 Å². The van der Waals surface area contributed by atoms with Crippen molar-refractivity contribution in [3.05, 3.63) is 47.5 Å². The van der Waals surface area contributed by atoms with Crippen LogP contribution >= 0.6 is 23.5 Å². The van der Waals surface area contributed by atoms with Crippen LogP contribution < -0.4 is 9.47 Å². The molecule has 2 nitrogen and oxygen atoms in total. The molecule has 0 saturated heterocycles. The van der Waals surface area contributed by atoms with Gasteiger partial charge < -0.3 is 9.47 Å². The number of hydrogen-bond acceptors (Lipinski definition) is 4. The van der Waals surface area contributed by atoms with E-state index in [1.165, 1.54) is 31.7 Å². The molecule has 0 amide bonds. The van der Waals surface area contributed by atoms with Crippen LogP contribution in [0.3, 0.4) is 0 Å². The number of thioether (sulfide) groups is 2. The van der Waals surface area contributed by atoms with Crippen LogP contribution in [0, 0.1) is 13.8 Å². The van der Waals surface area contributed by atoms with Crippen LogP contribution in [0.1, 0.15) is 11.1 Å². The standard InChI is InChI=1S/C20H16O2S2/c1-11-17-18(12(2)20-19(11)23-7-8-24-20)22-16-10-14-6-4-3-5-13(14)9-15(16)21-17/h3-6,9-10H,7-8H2,1-2H3. The molecule has 24 heavy (non-hydrogen) atoms. The lowest BCUT2D eigenvalue weighted by atomic mass is 10.1. The van der Waals surface area contributed by atoms with Crippen molar-refractivity contribution >= 4 is 34.3 Å². The predicted octanol–water partition coefficient (Wildman–Crippen LogP) is 6.55. The van der Waals surface area contributed by atoms with Crippen LogP contribution in [-0.2, 0) is 0 Å². The molecule has 2 heterocycles. The molecule has 5 rings (SSSR count). The molecule has 0 atom stereocenters. The second kappa shape index (κ2) is 5.36. The topological polar surface area (TPSA) is 18.5 Å². The number of ether oxygens (including phenoxy) is 2. The Morgan fingerprint density at radius 2 is 1.21 bits per heavy atom. The molecule has 2 aliphatic rings. The highest BCUT2D eigenvalue weighted by molar-refractivity contribution is 8.05. The van der Waals surface area contributed by atoms with Crippen molar-refractivity contribution < 1.29 is 9.47 Å². The SMILES string of the molecule is Cc1c2c(c(C)c3c1SCCS3)Oc1cc3ccccc3cc1O2. The van der Waals surface area contributed by atoms with Gasteiger partial charge in [0.25, 0.3) is 0 Å². The average Bonchev–Trinajstić information content (AvgIpc) is 2.63. The van der Waals surface area contributed by atoms with Crippen LogP contribution in [0.4, 0.5) is 0 Å². The number of hydrogen-bond donors (Lipinski definition) is 0. The minimum atomic E-state index is 0.803. The number of benzene rings is 3. The smallest absolute Gasteiger partial charge is 0.174 e. The molecule has 2 aliphatic heterocycles. The van der Waals surface area contributed by atoms with E-state index in [4.69, 9.17) is 9.47 Å². The van der Waals surface area contributed by atoms with Gasteiger partial charge in [0.2, 0.25) is 0 Å². The summed E-state index contributed by atoms with van der Waals surface area (Å²) in [4.78, 5) is 2.71. The predicted molar refractivity (Wildman–Crippen MR) is 101 cm³/mol. The third-order valence-electron chi connectivity index (χ3n) is 4.59. The summed E-state index contributed by atoms with van der Waals surface area (Å²) in [5, 5.41) is 2.33. The maximum absolute atomic E-state index is 6.32. The van der Waals surface area contributed by atoms with Gasteiger partial charge in [0.1, 0.15) is 0 Å². The molecule has 120 valence electrons. The molecule has 0 fully saturated rings. The minimum Gasteiger partial charge on any atom is -0.449 e. The van der Waals surface area contributed by atoms with E-state index in [1.54, 1.807) is 0 Å². The van der Waals surface area contributed by atoms with Gasteiger partial charge in [-0.05, 0) is 36.8 Å². The van der Waals surface area contributed by atoms with Crippen molar-refractivity contribution in [2.75, 3.05) is 11.5 Å². The molecule has 4 heteroatoms. The first-order chi connectivity index (χ1) is 11.7.